The number of ether oxygens (including phenoxy) is 1. The molecule has 2 unspecified atom stereocenters. The second kappa shape index (κ2) is 4.86. The average molecular weight is 265 g/mol. The third-order valence-corrected chi connectivity index (χ3v) is 3.20. The van der Waals surface area contributed by atoms with E-state index in [4.69, 9.17) is 16.3 Å². The lowest BCUT2D eigenvalue weighted by Crippen LogP contribution is -2.20. The summed E-state index contributed by atoms with van der Waals surface area (Å²) in [5, 5.41) is -0.0247. The molecule has 1 aromatic carbocycles. The molecule has 0 radical (unpaired) electrons. The number of halogens is 4. The largest absolute Gasteiger partial charge is 0.416 e. The molecule has 0 bridgehead atoms. The Balaban J connectivity index is 2.21. The third-order valence-electron chi connectivity index (χ3n) is 2.81. The Kier molecular flexibility index (Phi) is 3.64. The highest BCUT2D eigenvalue weighted by Crippen LogP contribution is 2.34. The SMILES string of the molecule is FC(F)(F)c1cccc(C2CC(Cl)CCO2)c1. The van der Waals surface area contributed by atoms with Crippen LogP contribution in [0, 0.1) is 0 Å². The van der Waals surface area contributed by atoms with Gasteiger partial charge in [-0.15, -0.1) is 11.6 Å². The molecule has 1 fully saturated rings. The van der Waals surface area contributed by atoms with Crippen molar-refractivity contribution in [2.24, 2.45) is 0 Å². The summed E-state index contributed by atoms with van der Waals surface area (Å²) < 4.78 is 43.1. The lowest BCUT2D eigenvalue weighted by atomic mass is 9.99. The van der Waals surface area contributed by atoms with Crippen LogP contribution in [0.5, 0.6) is 0 Å². The molecule has 2 atom stereocenters. The Hall–Kier alpha value is -0.740. The molecule has 94 valence electrons. The second-order valence-corrected chi connectivity index (χ2v) is 4.72. The van der Waals surface area contributed by atoms with Crippen LogP contribution in [0.4, 0.5) is 13.2 Å². The van der Waals surface area contributed by atoms with Crippen molar-refractivity contribution in [2.75, 3.05) is 6.61 Å². The number of rotatable bonds is 1. The molecule has 0 amide bonds. The van der Waals surface area contributed by atoms with E-state index in [1.54, 1.807) is 6.07 Å². The van der Waals surface area contributed by atoms with Crippen LogP contribution < -0.4 is 0 Å². The Labute approximate surface area is 103 Å². The van der Waals surface area contributed by atoms with Gasteiger partial charge in [-0.3, -0.25) is 0 Å². The summed E-state index contributed by atoms with van der Waals surface area (Å²) in [7, 11) is 0. The van der Waals surface area contributed by atoms with Crippen LogP contribution >= 0.6 is 11.6 Å². The second-order valence-electron chi connectivity index (χ2n) is 4.10. The smallest absolute Gasteiger partial charge is 0.373 e. The van der Waals surface area contributed by atoms with Gasteiger partial charge in [-0.1, -0.05) is 12.1 Å². The maximum Gasteiger partial charge on any atom is 0.416 e. The summed E-state index contributed by atoms with van der Waals surface area (Å²) in [5.74, 6) is 0. The number of alkyl halides is 4. The van der Waals surface area contributed by atoms with Crippen molar-refractivity contribution >= 4 is 11.6 Å². The van der Waals surface area contributed by atoms with Gasteiger partial charge in [0.25, 0.3) is 0 Å². The van der Waals surface area contributed by atoms with E-state index in [1.165, 1.54) is 6.07 Å². The minimum atomic E-state index is -4.31. The summed E-state index contributed by atoms with van der Waals surface area (Å²) in [6, 6.07) is 5.25. The summed E-state index contributed by atoms with van der Waals surface area (Å²) >= 11 is 5.99. The van der Waals surface area contributed by atoms with E-state index in [9.17, 15) is 13.2 Å². The minimum absolute atomic E-state index is 0.0247. The minimum Gasteiger partial charge on any atom is -0.373 e. The predicted octanol–water partition coefficient (Wildman–Crippen LogP) is 4.16. The van der Waals surface area contributed by atoms with Crippen LogP contribution in [-0.2, 0) is 10.9 Å². The fourth-order valence-corrected chi connectivity index (χ4v) is 2.15. The first-order valence-electron chi connectivity index (χ1n) is 5.39. The van der Waals surface area contributed by atoms with Crippen LogP contribution in [0.15, 0.2) is 24.3 Å². The Morgan fingerprint density at radius 1 is 1.29 bits per heavy atom. The Bertz CT molecular complexity index is 392. The van der Waals surface area contributed by atoms with Crippen LogP contribution in [0.3, 0.4) is 0 Å². The molecule has 0 aromatic heterocycles. The lowest BCUT2D eigenvalue weighted by Gasteiger charge is -2.26. The molecule has 1 aliphatic rings. The third kappa shape index (κ3) is 3.13. The van der Waals surface area contributed by atoms with Gasteiger partial charge in [0, 0.05) is 12.0 Å². The average Bonchev–Trinajstić information content (AvgIpc) is 2.28. The number of hydrogen-bond donors (Lipinski definition) is 0. The molecule has 0 N–H and O–H groups in total. The van der Waals surface area contributed by atoms with Gasteiger partial charge in [-0.2, -0.15) is 13.2 Å². The van der Waals surface area contributed by atoms with Gasteiger partial charge in [0.2, 0.25) is 0 Å². The molecular weight excluding hydrogens is 253 g/mol. The standard InChI is InChI=1S/C12H12ClF3O/c13-10-4-5-17-11(7-10)8-2-1-3-9(6-8)12(14,15)16/h1-3,6,10-11H,4-5,7H2. The molecule has 0 saturated carbocycles. The molecule has 1 heterocycles. The van der Waals surface area contributed by atoms with E-state index < -0.39 is 11.7 Å². The van der Waals surface area contributed by atoms with Crippen molar-refractivity contribution in [2.45, 2.75) is 30.5 Å². The van der Waals surface area contributed by atoms with Gasteiger partial charge < -0.3 is 4.74 Å². The van der Waals surface area contributed by atoms with Crippen molar-refractivity contribution in [3.8, 4) is 0 Å². The molecule has 1 saturated heterocycles. The van der Waals surface area contributed by atoms with Crippen molar-refractivity contribution in [3.63, 3.8) is 0 Å². The van der Waals surface area contributed by atoms with E-state index in [2.05, 4.69) is 0 Å². The highest BCUT2D eigenvalue weighted by molar-refractivity contribution is 6.20. The van der Waals surface area contributed by atoms with Gasteiger partial charge in [-0.25, -0.2) is 0 Å². The van der Waals surface area contributed by atoms with Crippen molar-refractivity contribution in [1.29, 1.82) is 0 Å². The summed E-state index contributed by atoms with van der Waals surface area (Å²) in [6.45, 7) is 0.495. The fourth-order valence-electron chi connectivity index (χ4n) is 1.90. The molecule has 0 aliphatic carbocycles. The van der Waals surface area contributed by atoms with Gasteiger partial charge >= 0.3 is 6.18 Å². The van der Waals surface area contributed by atoms with Crippen LogP contribution in [0.25, 0.3) is 0 Å². The summed E-state index contributed by atoms with van der Waals surface area (Å²) in [6.07, 6.45) is -3.33. The normalized spacial score (nSPS) is 25.9. The highest BCUT2D eigenvalue weighted by Gasteiger charge is 2.31. The zero-order valence-electron chi connectivity index (χ0n) is 9.01. The Morgan fingerprint density at radius 2 is 2.06 bits per heavy atom. The highest BCUT2D eigenvalue weighted by atomic mass is 35.5. The first-order valence-corrected chi connectivity index (χ1v) is 5.83. The molecule has 1 nitrogen and oxygen atoms in total. The van der Waals surface area contributed by atoms with Gasteiger partial charge in [0.05, 0.1) is 11.7 Å². The molecule has 1 aliphatic heterocycles. The maximum atomic E-state index is 12.5. The topological polar surface area (TPSA) is 9.23 Å². The van der Waals surface area contributed by atoms with Crippen LogP contribution in [0.2, 0.25) is 0 Å². The van der Waals surface area contributed by atoms with Crippen molar-refractivity contribution in [1.82, 2.24) is 0 Å². The maximum absolute atomic E-state index is 12.5. The monoisotopic (exact) mass is 264 g/mol. The van der Waals surface area contributed by atoms with E-state index in [1.807, 2.05) is 0 Å². The van der Waals surface area contributed by atoms with Gasteiger partial charge in [0.1, 0.15) is 0 Å². The predicted molar refractivity (Wildman–Crippen MR) is 59.0 cm³/mol. The number of hydrogen-bond acceptors (Lipinski definition) is 1. The van der Waals surface area contributed by atoms with E-state index in [-0.39, 0.29) is 11.5 Å². The van der Waals surface area contributed by atoms with E-state index >= 15 is 0 Å². The molecule has 0 spiro atoms. The van der Waals surface area contributed by atoms with Crippen LogP contribution in [-0.4, -0.2) is 12.0 Å². The fraction of sp³-hybridized carbons (Fsp3) is 0.500. The summed E-state index contributed by atoms with van der Waals surface area (Å²) in [4.78, 5) is 0. The lowest BCUT2D eigenvalue weighted by molar-refractivity contribution is -0.137. The zero-order chi connectivity index (χ0) is 12.5. The number of benzene rings is 1. The Morgan fingerprint density at radius 3 is 2.71 bits per heavy atom. The van der Waals surface area contributed by atoms with Gasteiger partial charge in [-0.05, 0) is 30.5 Å². The van der Waals surface area contributed by atoms with E-state index in [0.29, 0.717) is 18.6 Å². The quantitative estimate of drug-likeness (QED) is 0.692. The van der Waals surface area contributed by atoms with E-state index in [0.717, 1.165) is 18.6 Å². The molecule has 5 heteroatoms. The first-order chi connectivity index (χ1) is 7.97. The van der Waals surface area contributed by atoms with Gasteiger partial charge in [0.15, 0.2) is 0 Å². The molecule has 1 aromatic rings. The van der Waals surface area contributed by atoms with Crippen molar-refractivity contribution in [3.05, 3.63) is 35.4 Å². The molecular formula is C12H12ClF3O. The summed E-state index contributed by atoms with van der Waals surface area (Å²) in [5.41, 5.74) is -0.0968. The molecule has 2 rings (SSSR count). The van der Waals surface area contributed by atoms with Crippen molar-refractivity contribution < 1.29 is 17.9 Å². The molecule has 17 heavy (non-hydrogen) atoms. The van der Waals surface area contributed by atoms with Crippen LogP contribution in [0.1, 0.15) is 30.1 Å². The zero-order valence-corrected chi connectivity index (χ0v) is 9.76. The first kappa shape index (κ1) is 12.7.